The number of nitrogens with one attached hydrogen (secondary N) is 1. The molecular formula is C11H24N2O3S. The molecule has 0 aliphatic heterocycles. The van der Waals surface area contributed by atoms with Crippen molar-refractivity contribution in [1.82, 2.24) is 4.72 Å². The molecule has 0 unspecified atom stereocenters. The van der Waals surface area contributed by atoms with Gasteiger partial charge in [0.05, 0.1) is 11.9 Å². The molecule has 1 aliphatic rings. The van der Waals surface area contributed by atoms with Gasteiger partial charge in [-0.1, -0.05) is 19.3 Å². The van der Waals surface area contributed by atoms with Crippen molar-refractivity contribution in [2.45, 2.75) is 43.8 Å². The first-order valence-corrected chi connectivity index (χ1v) is 7.98. The second-order valence-electron chi connectivity index (χ2n) is 4.45. The summed E-state index contributed by atoms with van der Waals surface area (Å²) < 4.78 is 31.7. The maximum atomic E-state index is 11.9. The Labute approximate surface area is 104 Å². The number of nitrogens with two attached hydrogens (primary N) is 1. The monoisotopic (exact) mass is 264 g/mol. The van der Waals surface area contributed by atoms with Crippen LogP contribution in [0.2, 0.25) is 0 Å². The molecule has 0 bridgehead atoms. The molecule has 1 aliphatic carbocycles. The first-order valence-electron chi connectivity index (χ1n) is 6.43. The molecule has 0 atom stereocenters. The van der Waals surface area contributed by atoms with Crippen LogP contribution in [0.4, 0.5) is 0 Å². The van der Waals surface area contributed by atoms with Gasteiger partial charge in [0.15, 0.2) is 0 Å². The van der Waals surface area contributed by atoms with E-state index < -0.39 is 10.0 Å². The summed E-state index contributed by atoms with van der Waals surface area (Å²) in [6, 6.07) is 0. The van der Waals surface area contributed by atoms with E-state index in [0.29, 0.717) is 32.7 Å². The fourth-order valence-corrected chi connectivity index (χ4v) is 3.69. The van der Waals surface area contributed by atoms with Crippen LogP contribution in [0, 0.1) is 0 Å². The van der Waals surface area contributed by atoms with E-state index in [0.717, 1.165) is 25.7 Å². The van der Waals surface area contributed by atoms with E-state index in [9.17, 15) is 8.42 Å². The molecule has 5 nitrogen and oxygen atoms in total. The van der Waals surface area contributed by atoms with Gasteiger partial charge >= 0.3 is 0 Å². The smallest absolute Gasteiger partial charge is 0.214 e. The van der Waals surface area contributed by atoms with Gasteiger partial charge in [0, 0.05) is 19.7 Å². The van der Waals surface area contributed by atoms with E-state index in [2.05, 4.69) is 4.72 Å². The lowest BCUT2D eigenvalue weighted by atomic mass is 10.0. The normalized spacial score (nSPS) is 18.4. The minimum absolute atomic E-state index is 0.179. The predicted octanol–water partition coefficient (Wildman–Crippen LogP) is 0.604. The lowest BCUT2D eigenvalue weighted by Gasteiger charge is -2.21. The molecule has 0 aromatic rings. The highest BCUT2D eigenvalue weighted by Crippen LogP contribution is 2.22. The van der Waals surface area contributed by atoms with Crippen molar-refractivity contribution in [2.75, 3.05) is 26.3 Å². The molecule has 0 radical (unpaired) electrons. The number of hydrogen-bond donors (Lipinski definition) is 2. The molecule has 0 saturated heterocycles. The topological polar surface area (TPSA) is 81.4 Å². The van der Waals surface area contributed by atoms with Gasteiger partial charge in [-0.3, -0.25) is 0 Å². The van der Waals surface area contributed by atoms with Crippen molar-refractivity contribution >= 4 is 10.0 Å². The van der Waals surface area contributed by atoms with E-state index in [1.165, 1.54) is 6.42 Å². The third kappa shape index (κ3) is 5.81. The minimum Gasteiger partial charge on any atom is -0.380 e. The molecule has 0 aromatic heterocycles. The summed E-state index contributed by atoms with van der Waals surface area (Å²) >= 11 is 0. The Morgan fingerprint density at radius 3 is 2.53 bits per heavy atom. The van der Waals surface area contributed by atoms with Crippen LogP contribution in [0.1, 0.15) is 38.5 Å². The van der Waals surface area contributed by atoms with E-state index in [4.69, 9.17) is 10.5 Å². The number of hydrogen-bond acceptors (Lipinski definition) is 4. The molecule has 6 heteroatoms. The van der Waals surface area contributed by atoms with Gasteiger partial charge in [0.25, 0.3) is 0 Å². The van der Waals surface area contributed by atoms with Crippen LogP contribution < -0.4 is 10.5 Å². The zero-order valence-corrected chi connectivity index (χ0v) is 11.2. The van der Waals surface area contributed by atoms with Gasteiger partial charge in [0.2, 0.25) is 10.0 Å². The largest absolute Gasteiger partial charge is 0.380 e. The van der Waals surface area contributed by atoms with Gasteiger partial charge in [-0.25, -0.2) is 13.1 Å². The zero-order valence-electron chi connectivity index (χ0n) is 10.4. The van der Waals surface area contributed by atoms with Crippen molar-refractivity contribution in [3.63, 3.8) is 0 Å². The standard InChI is InChI=1S/C11H24N2O3S/c12-7-10-16-9-4-8-13-17(14,15)11-5-2-1-3-6-11/h11,13H,1-10,12H2. The van der Waals surface area contributed by atoms with Gasteiger partial charge in [-0.2, -0.15) is 0 Å². The fourth-order valence-electron chi connectivity index (χ4n) is 2.07. The second-order valence-corrected chi connectivity index (χ2v) is 6.50. The lowest BCUT2D eigenvalue weighted by Crippen LogP contribution is -2.36. The molecule has 17 heavy (non-hydrogen) atoms. The van der Waals surface area contributed by atoms with Gasteiger partial charge in [-0.15, -0.1) is 0 Å². The third-order valence-electron chi connectivity index (χ3n) is 3.02. The first-order chi connectivity index (χ1) is 8.17. The maximum Gasteiger partial charge on any atom is 0.214 e. The number of sulfonamides is 1. The summed E-state index contributed by atoms with van der Waals surface area (Å²) in [7, 11) is -3.11. The molecule has 1 fully saturated rings. The van der Waals surface area contributed by atoms with Crippen LogP contribution in [0.25, 0.3) is 0 Å². The highest BCUT2D eigenvalue weighted by Gasteiger charge is 2.26. The average Bonchev–Trinajstić information content (AvgIpc) is 2.35. The molecule has 3 N–H and O–H groups in total. The Bertz CT molecular complexity index is 287. The fraction of sp³-hybridized carbons (Fsp3) is 1.00. The van der Waals surface area contributed by atoms with Crippen LogP contribution in [0.15, 0.2) is 0 Å². The highest BCUT2D eigenvalue weighted by atomic mass is 32.2. The molecular weight excluding hydrogens is 240 g/mol. The molecule has 0 amide bonds. The van der Waals surface area contributed by atoms with E-state index in [1.54, 1.807) is 0 Å². The molecule has 1 saturated carbocycles. The summed E-state index contributed by atoms with van der Waals surface area (Å²) in [5.41, 5.74) is 5.27. The molecule has 1 rings (SSSR count). The molecule has 102 valence electrons. The SMILES string of the molecule is NCCOCCCNS(=O)(=O)C1CCCCC1. The predicted molar refractivity (Wildman–Crippen MR) is 68.3 cm³/mol. The highest BCUT2D eigenvalue weighted by molar-refractivity contribution is 7.90. The quantitative estimate of drug-likeness (QED) is 0.629. The van der Waals surface area contributed by atoms with Crippen LogP contribution in [-0.2, 0) is 14.8 Å². The number of rotatable bonds is 8. The summed E-state index contributed by atoms with van der Waals surface area (Å²) in [5.74, 6) is 0. The van der Waals surface area contributed by atoms with Crippen LogP contribution in [-0.4, -0.2) is 40.0 Å². The van der Waals surface area contributed by atoms with Crippen molar-refractivity contribution in [3.05, 3.63) is 0 Å². The number of ether oxygens (including phenoxy) is 1. The van der Waals surface area contributed by atoms with Crippen molar-refractivity contribution < 1.29 is 13.2 Å². The minimum atomic E-state index is -3.11. The Morgan fingerprint density at radius 2 is 1.88 bits per heavy atom. The Morgan fingerprint density at radius 1 is 1.18 bits per heavy atom. The lowest BCUT2D eigenvalue weighted by molar-refractivity contribution is 0.140. The summed E-state index contributed by atoms with van der Waals surface area (Å²) in [4.78, 5) is 0. The van der Waals surface area contributed by atoms with Gasteiger partial charge in [-0.05, 0) is 19.3 Å². The Kier molecular flexibility index (Phi) is 7.03. The summed E-state index contributed by atoms with van der Waals surface area (Å²) in [6.07, 6.45) is 5.54. The van der Waals surface area contributed by atoms with Crippen molar-refractivity contribution in [2.24, 2.45) is 5.73 Å². The maximum absolute atomic E-state index is 11.9. The molecule has 0 aromatic carbocycles. The molecule has 0 spiro atoms. The Hall–Kier alpha value is -0.170. The van der Waals surface area contributed by atoms with Crippen LogP contribution >= 0.6 is 0 Å². The zero-order chi connectivity index (χ0) is 12.6. The average molecular weight is 264 g/mol. The van der Waals surface area contributed by atoms with Crippen molar-refractivity contribution in [3.8, 4) is 0 Å². The Balaban J connectivity index is 2.15. The second kappa shape index (κ2) is 8.02. The van der Waals surface area contributed by atoms with Gasteiger partial charge in [0.1, 0.15) is 0 Å². The van der Waals surface area contributed by atoms with E-state index in [-0.39, 0.29) is 5.25 Å². The van der Waals surface area contributed by atoms with Gasteiger partial charge < -0.3 is 10.5 Å². The first kappa shape index (κ1) is 14.9. The van der Waals surface area contributed by atoms with E-state index in [1.807, 2.05) is 0 Å². The molecule has 0 heterocycles. The van der Waals surface area contributed by atoms with Crippen molar-refractivity contribution in [1.29, 1.82) is 0 Å². The van der Waals surface area contributed by atoms with Crippen LogP contribution in [0.3, 0.4) is 0 Å². The summed E-state index contributed by atoms with van der Waals surface area (Å²) in [6.45, 7) is 2.07. The third-order valence-corrected chi connectivity index (χ3v) is 4.98. The van der Waals surface area contributed by atoms with Crippen LogP contribution in [0.5, 0.6) is 0 Å². The van der Waals surface area contributed by atoms with E-state index >= 15 is 0 Å². The summed E-state index contributed by atoms with van der Waals surface area (Å²) in [5, 5.41) is -0.179.